The van der Waals surface area contributed by atoms with Gasteiger partial charge in [0, 0.05) is 9.13 Å². The van der Waals surface area contributed by atoms with E-state index in [0.29, 0.717) is 12.1 Å². The predicted octanol–water partition coefficient (Wildman–Crippen LogP) is 4.27. The molecule has 100 valence electrons. The summed E-state index contributed by atoms with van der Waals surface area (Å²) >= 11 is 2.21. The lowest BCUT2D eigenvalue weighted by Gasteiger charge is -2.21. The Morgan fingerprint density at radius 2 is 1.84 bits per heavy atom. The van der Waals surface area contributed by atoms with Crippen LogP contribution in [0.4, 0.5) is 8.78 Å². The number of benzene rings is 2. The van der Waals surface area contributed by atoms with Crippen LogP contribution < -0.4 is 5.32 Å². The predicted molar refractivity (Wildman–Crippen MR) is 81.0 cm³/mol. The third-order valence-corrected chi connectivity index (χ3v) is 3.88. The van der Waals surface area contributed by atoms with E-state index < -0.39 is 11.6 Å². The van der Waals surface area contributed by atoms with Crippen molar-refractivity contribution in [3.63, 3.8) is 0 Å². The van der Waals surface area contributed by atoms with Gasteiger partial charge in [0.05, 0.1) is 6.04 Å². The topological polar surface area (TPSA) is 12.0 Å². The minimum Gasteiger partial charge on any atom is -0.306 e. The van der Waals surface area contributed by atoms with Crippen LogP contribution in [-0.2, 0) is 0 Å². The summed E-state index contributed by atoms with van der Waals surface area (Å²) in [6, 6.07) is 10.9. The van der Waals surface area contributed by atoms with Gasteiger partial charge in [0.2, 0.25) is 0 Å². The van der Waals surface area contributed by atoms with E-state index in [9.17, 15) is 8.78 Å². The Balaban J connectivity index is 2.51. The molecule has 1 nitrogen and oxygen atoms in total. The molecule has 0 spiro atoms. The summed E-state index contributed by atoms with van der Waals surface area (Å²) in [6.07, 6.45) is 0. The monoisotopic (exact) mass is 373 g/mol. The highest BCUT2D eigenvalue weighted by molar-refractivity contribution is 14.1. The minimum absolute atomic E-state index is 0.339. The number of hydrogen-bond acceptors (Lipinski definition) is 1. The van der Waals surface area contributed by atoms with Crippen molar-refractivity contribution in [2.45, 2.75) is 13.0 Å². The number of hydrogen-bond donors (Lipinski definition) is 1. The highest BCUT2D eigenvalue weighted by Crippen LogP contribution is 2.28. The van der Waals surface area contributed by atoms with Crippen LogP contribution in [0.3, 0.4) is 0 Å². The fourth-order valence-corrected chi connectivity index (χ4v) is 2.74. The molecule has 2 aromatic rings. The third kappa shape index (κ3) is 3.30. The lowest BCUT2D eigenvalue weighted by atomic mass is 9.98. The first-order chi connectivity index (χ1) is 9.13. The summed E-state index contributed by atoms with van der Waals surface area (Å²) < 4.78 is 28.3. The number of nitrogens with one attached hydrogen (secondary N) is 1. The molecule has 0 radical (unpaired) electrons. The van der Waals surface area contributed by atoms with Gasteiger partial charge in [0.25, 0.3) is 0 Å². The SMILES string of the molecule is CCNC(c1cc(F)ccc1F)c1ccccc1I. The van der Waals surface area contributed by atoms with E-state index in [-0.39, 0.29) is 6.04 Å². The van der Waals surface area contributed by atoms with Crippen molar-refractivity contribution in [2.75, 3.05) is 6.54 Å². The van der Waals surface area contributed by atoms with Gasteiger partial charge < -0.3 is 5.32 Å². The van der Waals surface area contributed by atoms with Crippen molar-refractivity contribution in [1.29, 1.82) is 0 Å². The van der Waals surface area contributed by atoms with E-state index in [4.69, 9.17) is 0 Å². The van der Waals surface area contributed by atoms with Crippen LogP contribution in [-0.4, -0.2) is 6.54 Å². The molecule has 1 N–H and O–H groups in total. The Hall–Kier alpha value is -1.01. The molecule has 0 aliphatic carbocycles. The van der Waals surface area contributed by atoms with Crippen molar-refractivity contribution < 1.29 is 8.78 Å². The molecule has 0 saturated carbocycles. The average molecular weight is 373 g/mol. The maximum atomic E-state index is 14.0. The molecule has 0 amide bonds. The number of rotatable bonds is 4. The van der Waals surface area contributed by atoms with E-state index in [0.717, 1.165) is 15.2 Å². The molecule has 0 fully saturated rings. The zero-order valence-corrected chi connectivity index (χ0v) is 12.6. The van der Waals surface area contributed by atoms with E-state index >= 15 is 0 Å². The Kier molecular flexibility index (Phi) is 4.87. The summed E-state index contributed by atoms with van der Waals surface area (Å²) in [4.78, 5) is 0. The van der Waals surface area contributed by atoms with Gasteiger partial charge in [-0.05, 0) is 59.0 Å². The van der Waals surface area contributed by atoms with Gasteiger partial charge in [0.1, 0.15) is 11.6 Å². The molecule has 0 aromatic heterocycles. The van der Waals surface area contributed by atoms with Crippen molar-refractivity contribution in [3.8, 4) is 0 Å². The van der Waals surface area contributed by atoms with Gasteiger partial charge in [-0.3, -0.25) is 0 Å². The first-order valence-electron chi connectivity index (χ1n) is 6.06. The van der Waals surface area contributed by atoms with Crippen LogP contribution in [0.15, 0.2) is 42.5 Å². The van der Waals surface area contributed by atoms with Gasteiger partial charge in [-0.2, -0.15) is 0 Å². The standard InChI is InChI=1S/C15H14F2IN/c1-2-19-15(11-5-3-4-6-14(11)18)12-9-10(16)7-8-13(12)17/h3-9,15,19H,2H2,1H3. The average Bonchev–Trinajstić information content (AvgIpc) is 2.40. The second-order valence-electron chi connectivity index (χ2n) is 4.18. The summed E-state index contributed by atoms with van der Waals surface area (Å²) in [7, 11) is 0. The van der Waals surface area contributed by atoms with E-state index in [2.05, 4.69) is 27.9 Å². The van der Waals surface area contributed by atoms with E-state index in [1.165, 1.54) is 12.1 Å². The Bertz CT molecular complexity index is 572. The first-order valence-corrected chi connectivity index (χ1v) is 7.14. The smallest absolute Gasteiger partial charge is 0.128 e. The molecule has 1 atom stereocenters. The second kappa shape index (κ2) is 6.43. The molecular formula is C15H14F2IN. The highest BCUT2D eigenvalue weighted by Gasteiger charge is 2.19. The van der Waals surface area contributed by atoms with E-state index in [1.807, 2.05) is 31.2 Å². The first kappa shape index (κ1) is 14.4. The number of halogens is 3. The van der Waals surface area contributed by atoms with Crippen LogP contribution in [0, 0.1) is 15.2 Å². The van der Waals surface area contributed by atoms with Crippen molar-refractivity contribution >= 4 is 22.6 Å². The van der Waals surface area contributed by atoms with E-state index in [1.54, 1.807) is 0 Å². The van der Waals surface area contributed by atoms with Crippen LogP contribution in [0.2, 0.25) is 0 Å². The van der Waals surface area contributed by atoms with Crippen LogP contribution in [0.25, 0.3) is 0 Å². The molecule has 2 aromatic carbocycles. The quantitative estimate of drug-likeness (QED) is 0.790. The molecule has 1 unspecified atom stereocenters. The van der Waals surface area contributed by atoms with Gasteiger partial charge >= 0.3 is 0 Å². The highest BCUT2D eigenvalue weighted by atomic mass is 127. The Morgan fingerprint density at radius 3 is 2.53 bits per heavy atom. The molecule has 19 heavy (non-hydrogen) atoms. The molecule has 0 aliphatic rings. The lowest BCUT2D eigenvalue weighted by Crippen LogP contribution is -2.24. The summed E-state index contributed by atoms with van der Waals surface area (Å²) in [5.74, 6) is -0.822. The van der Waals surface area contributed by atoms with Crippen molar-refractivity contribution in [2.24, 2.45) is 0 Å². The fraction of sp³-hybridized carbons (Fsp3) is 0.200. The molecule has 2 rings (SSSR count). The zero-order chi connectivity index (χ0) is 13.8. The normalized spacial score (nSPS) is 12.4. The van der Waals surface area contributed by atoms with Gasteiger partial charge in [0.15, 0.2) is 0 Å². The van der Waals surface area contributed by atoms with Crippen molar-refractivity contribution in [3.05, 3.63) is 68.8 Å². The summed E-state index contributed by atoms with van der Waals surface area (Å²) in [6.45, 7) is 2.62. The fourth-order valence-electron chi connectivity index (χ4n) is 2.04. The molecular weight excluding hydrogens is 359 g/mol. The van der Waals surface area contributed by atoms with Crippen LogP contribution in [0.5, 0.6) is 0 Å². The van der Waals surface area contributed by atoms with Crippen LogP contribution in [0.1, 0.15) is 24.1 Å². The Labute approximate surface area is 125 Å². The molecule has 4 heteroatoms. The lowest BCUT2D eigenvalue weighted by molar-refractivity contribution is 0.544. The van der Waals surface area contributed by atoms with Crippen LogP contribution >= 0.6 is 22.6 Å². The Morgan fingerprint density at radius 1 is 1.11 bits per heavy atom. The van der Waals surface area contributed by atoms with Gasteiger partial charge in [-0.25, -0.2) is 8.78 Å². The molecule has 0 heterocycles. The second-order valence-corrected chi connectivity index (χ2v) is 5.34. The summed E-state index contributed by atoms with van der Waals surface area (Å²) in [5, 5.41) is 3.21. The van der Waals surface area contributed by atoms with Gasteiger partial charge in [-0.15, -0.1) is 0 Å². The molecule has 0 saturated heterocycles. The summed E-state index contributed by atoms with van der Waals surface area (Å²) in [5.41, 5.74) is 1.29. The minimum atomic E-state index is -0.426. The maximum absolute atomic E-state index is 14.0. The maximum Gasteiger partial charge on any atom is 0.128 e. The molecule has 0 aliphatic heterocycles. The van der Waals surface area contributed by atoms with Crippen molar-refractivity contribution in [1.82, 2.24) is 5.32 Å². The zero-order valence-electron chi connectivity index (χ0n) is 10.5. The third-order valence-electron chi connectivity index (χ3n) is 2.89. The molecule has 0 bridgehead atoms. The van der Waals surface area contributed by atoms with Gasteiger partial charge in [-0.1, -0.05) is 25.1 Å². The largest absolute Gasteiger partial charge is 0.306 e.